The average Bonchev–Trinajstić information content (AvgIpc) is 3.79. The predicted molar refractivity (Wildman–Crippen MR) is 240 cm³/mol. The summed E-state index contributed by atoms with van der Waals surface area (Å²) in [5.74, 6) is -2.27. The molecule has 2 saturated heterocycles. The number of hydrogen-bond donors (Lipinski definition) is 3. The molecule has 9 rings (SSSR count). The zero-order chi connectivity index (χ0) is 47.2. The maximum Gasteiger partial charge on any atom is 0.418 e. The number of amidine groups is 1. The summed E-state index contributed by atoms with van der Waals surface area (Å²) < 4.78 is 117. The van der Waals surface area contributed by atoms with Crippen molar-refractivity contribution < 1.29 is 45.3 Å². The van der Waals surface area contributed by atoms with Crippen molar-refractivity contribution in [2.45, 2.75) is 70.1 Å². The van der Waals surface area contributed by atoms with E-state index in [0.717, 1.165) is 18.9 Å². The van der Waals surface area contributed by atoms with Crippen LogP contribution >= 0.6 is 11.6 Å². The lowest BCUT2D eigenvalue weighted by atomic mass is 9.95. The third-order valence-electron chi connectivity index (χ3n) is 12.6. The number of aliphatic imine (C=N–C) groups is 1. The molecule has 3 atom stereocenters. The first-order chi connectivity index (χ1) is 32.2. The van der Waals surface area contributed by atoms with E-state index in [1.54, 1.807) is 36.3 Å². The van der Waals surface area contributed by atoms with Crippen LogP contribution in [0, 0.1) is 18.6 Å². The van der Waals surface area contributed by atoms with E-state index in [9.17, 15) is 4.39 Å². The molecule has 4 aliphatic rings. The molecular formula is C47H46ClF6N9O4. The van der Waals surface area contributed by atoms with Crippen molar-refractivity contribution in [2.75, 3.05) is 56.5 Å². The number of methoxy groups -OCH3 is 2. The largest absolute Gasteiger partial charge is 0.497 e. The van der Waals surface area contributed by atoms with Crippen LogP contribution in [0.3, 0.4) is 0 Å². The molecule has 0 amide bonds. The summed E-state index contributed by atoms with van der Waals surface area (Å²) in [6.07, 6.45) is -0.135. The fourth-order valence-corrected chi connectivity index (χ4v) is 9.59. The number of rotatable bonds is 14. The van der Waals surface area contributed by atoms with E-state index in [1.165, 1.54) is 25.7 Å². The minimum Gasteiger partial charge on any atom is -0.497 e. The number of benzene rings is 3. The van der Waals surface area contributed by atoms with Gasteiger partial charge in [0, 0.05) is 44.0 Å². The van der Waals surface area contributed by atoms with Crippen molar-refractivity contribution in [3.05, 3.63) is 123 Å². The fraction of sp³-hybridized carbons (Fsp3) is 0.362. The van der Waals surface area contributed by atoms with Gasteiger partial charge in [-0.05, 0) is 68.6 Å². The van der Waals surface area contributed by atoms with E-state index in [2.05, 4.69) is 30.9 Å². The molecule has 13 nitrogen and oxygen atoms in total. The average molecular weight is 950 g/mol. The number of fused-ring (bicyclic) bond motifs is 1. The highest BCUT2D eigenvalue weighted by atomic mass is 35.5. The van der Waals surface area contributed by atoms with Crippen LogP contribution < -0.4 is 30.2 Å². The summed E-state index contributed by atoms with van der Waals surface area (Å²) in [5, 5.41) is 8.64. The van der Waals surface area contributed by atoms with Gasteiger partial charge in [0.05, 0.1) is 65.1 Å². The molecule has 0 spiro atoms. The van der Waals surface area contributed by atoms with Gasteiger partial charge in [-0.2, -0.15) is 13.2 Å². The monoisotopic (exact) mass is 949 g/mol. The number of halogens is 7. The number of nitrogens with zero attached hydrogens (tertiary/aromatic N) is 6. The quantitative estimate of drug-likeness (QED) is 0.0917. The number of hydrogen-bond acceptors (Lipinski definition) is 13. The Labute approximate surface area is 387 Å². The summed E-state index contributed by atoms with van der Waals surface area (Å²) in [7, 11) is 3.08. The smallest absolute Gasteiger partial charge is 0.418 e. The number of anilines is 3. The van der Waals surface area contributed by atoms with Crippen molar-refractivity contribution in [1.29, 1.82) is 0 Å². The minimum atomic E-state index is -5.22. The number of alkyl halides is 4. The van der Waals surface area contributed by atoms with Crippen molar-refractivity contribution >= 4 is 34.8 Å². The second kappa shape index (κ2) is 18.3. The molecule has 0 aliphatic carbocycles. The van der Waals surface area contributed by atoms with Crippen LogP contribution in [0.15, 0.2) is 78.1 Å². The van der Waals surface area contributed by atoms with Crippen molar-refractivity contribution in [1.82, 2.24) is 24.8 Å². The van der Waals surface area contributed by atoms with Gasteiger partial charge in [0.15, 0.2) is 23.2 Å². The van der Waals surface area contributed by atoms with Crippen LogP contribution in [0.1, 0.15) is 65.7 Å². The number of aromatic nitrogens is 3. The zero-order valence-corrected chi connectivity index (χ0v) is 37.6. The Balaban J connectivity index is 1.15. The molecular weight excluding hydrogens is 904 g/mol. The Kier molecular flexibility index (Phi) is 12.5. The van der Waals surface area contributed by atoms with Gasteiger partial charge in [0.1, 0.15) is 48.3 Å². The molecule has 2 fully saturated rings. The van der Waals surface area contributed by atoms with Crippen molar-refractivity contribution in [2.24, 2.45) is 4.99 Å². The Morgan fingerprint density at radius 1 is 0.940 bits per heavy atom. The van der Waals surface area contributed by atoms with Crippen LogP contribution in [-0.2, 0) is 24.0 Å². The molecule has 3 aromatic carbocycles. The van der Waals surface area contributed by atoms with Gasteiger partial charge >= 0.3 is 12.1 Å². The molecule has 2 aromatic heterocycles. The van der Waals surface area contributed by atoms with Gasteiger partial charge in [0.2, 0.25) is 0 Å². The highest BCUT2D eigenvalue weighted by molar-refractivity contribution is 6.37. The molecule has 5 aromatic rings. The predicted octanol–water partition coefficient (Wildman–Crippen LogP) is 10.0. The third kappa shape index (κ3) is 8.70. The number of nitrogens with one attached hydrogen (secondary N) is 3. The Morgan fingerprint density at radius 2 is 1.60 bits per heavy atom. The lowest BCUT2D eigenvalue weighted by molar-refractivity contribution is -0.137. The van der Waals surface area contributed by atoms with Crippen LogP contribution in [-0.4, -0.2) is 82.9 Å². The zero-order valence-electron chi connectivity index (χ0n) is 36.8. The molecule has 4 aliphatic heterocycles. The Morgan fingerprint density at radius 3 is 2.25 bits per heavy atom. The van der Waals surface area contributed by atoms with Crippen LogP contribution in [0.2, 0.25) is 5.02 Å². The fourth-order valence-electron chi connectivity index (χ4n) is 9.26. The maximum atomic E-state index is 17.8. The second-order valence-electron chi connectivity index (χ2n) is 16.7. The van der Waals surface area contributed by atoms with Crippen molar-refractivity contribution in [3.8, 4) is 28.5 Å². The Bertz CT molecular complexity index is 2740. The Hall–Kier alpha value is -6.47. The topological polar surface area (TPSA) is 131 Å². The normalized spacial score (nSPS) is 19.3. The first-order valence-corrected chi connectivity index (χ1v) is 21.9. The standard InChI is InChI=1S/C47H46ClF6N9O4/c1-25-35(47(52,53)54)40(61-43(37(25)50)57-19-27-6-10-30(64-3)11-7-27)33-36(48)41-34-42(38(33)51)67-32(66-23-46-14-5-17-62(46)21-29(49)18-46)22-63(45(34)60-24-59-41)26(2)39-44(56-16-15-55-39)58-20-28-8-12-31(65-4)13-9-28/h6-13,15-16,22,26,29,59H,5,14,17-21,23-24H2,1-4H3,(H,56,58)(H,57,61)/t26?,29-,46+/m1/s1. The number of pyridine rings is 1. The molecule has 3 N–H and O–H groups in total. The molecule has 0 bridgehead atoms. The lowest BCUT2D eigenvalue weighted by Crippen LogP contribution is -2.42. The summed E-state index contributed by atoms with van der Waals surface area (Å²) in [6.45, 7) is 3.76. The highest BCUT2D eigenvalue weighted by Gasteiger charge is 2.50. The first kappa shape index (κ1) is 45.7. The molecule has 0 radical (unpaired) electrons. The van der Waals surface area contributed by atoms with E-state index in [-0.39, 0.29) is 55.8 Å². The maximum absolute atomic E-state index is 17.8. The van der Waals surface area contributed by atoms with E-state index >= 15 is 22.0 Å². The van der Waals surface area contributed by atoms with Crippen LogP contribution in [0.4, 0.5) is 43.7 Å². The van der Waals surface area contributed by atoms with Crippen molar-refractivity contribution in [3.63, 3.8) is 0 Å². The van der Waals surface area contributed by atoms with Gasteiger partial charge in [-0.1, -0.05) is 35.9 Å². The molecule has 20 heteroatoms. The molecule has 352 valence electrons. The minimum absolute atomic E-state index is 0.0248. The molecule has 6 heterocycles. The lowest BCUT2D eigenvalue weighted by Gasteiger charge is -2.32. The number of ether oxygens (including phenoxy) is 4. The van der Waals surface area contributed by atoms with Gasteiger partial charge in [-0.3, -0.25) is 9.88 Å². The van der Waals surface area contributed by atoms with Gasteiger partial charge in [0.25, 0.3) is 0 Å². The highest BCUT2D eigenvalue weighted by Crippen LogP contribution is 2.52. The summed E-state index contributed by atoms with van der Waals surface area (Å²) in [4.78, 5) is 21.8. The summed E-state index contributed by atoms with van der Waals surface area (Å²) in [5.41, 5.74) is -2.89. The van der Waals surface area contributed by atoms with Gasteiger partial charge in [-0.25, -0.2) is 28.1 Å². The summed E-state index contributed by atoms with van der Waals surface area (Å²) >= 11 is 7.06. The van der Waals surface area contributed by atoms with E-state index in [4.69, 9.17) is 35.5 Å². The van der Waals surface area contributed by atoms with E-state index < -0.39 is 74.5 Å². The van der Waals surface area contributed by atoms with E-state index in [1.807, 2.05) is 36.1 Å². The first-order valence-electron chi connectivity index (χ1n) is 21.6. The van der Waals surface area contributed by atoms with Crippen LogP contribution in [0.25, 0.3) is 11.3 Å². The third-order valence-corrected chi connectivity index (χ3v) is 13.0. The van der Waals surface area contributed by atoms with E-state index in [0.29, 0.717) is 48.1 Å². The SMILES string of the molecule is COc1ccc(CNc2nccnc2C(C)N2C=C(OC[C@@]34CCCN3C[C@H](F)C4)Oc3c(F)c(-c4nc(NCc5ccc(OC)cc5)c(F)c(C)c4C(F)(F)F)c(Cl)c4c3C2=NCN4)cc1. The second-order valence-corrected chi connectivity index (χ2v) is 17.1. The van der Waals surface area contributed by atoms with Gasteiger partial charge in [-0.15, -0.1) is 0 Å². The van der Waals surface area contributed by atoms with Crippen LogP contribution in [0.5, 0.6) is 17.2 Å². The molecule has 67 heavy (non-hydrogen) atoms. The summed E-state index contributed by atoms with van der Waals surface area (Å²) in [6, 6.07) is 13.4. The molecule has 1 unspecified atom stereocenters. The van der Waals surface area contributed by atoms with Gasteiger partial charge < -0.3 is 39.8 Å². The molecule has 0 saturated carbocycles.